The Balaban J connectivity index is 1.50. The number of carbonyl (C=O) groups is 1. The highest BCUT2D eigenvalue weighted by Gasteiger charge is 2.62. The van der Waals surface area contributed by atoms with Crippen molar-refractivity contribution >= 4 is 11.6 Å². The van der Waals surface area contributed by atoms with E-state index in [9.17, 15) is 4.79 Å². The van der Waals surface area contributed by atoms with Crippen molar-refractivity contribution in [2.24, 2.45) is 17.3 Å². The minimum atomic E-state index is -0.250. The number of methoxy groups -OCH3 is 1. The van der Waals surface area contributed by atoms with Gasteiger partial charge in [0.1, 0.15) is 5.82 Å². The molecule has 1 saturated carbocycles. The number of allylic oxidation sites excluding steroid dienone is 4. The summed E-state index contributed by atoms with van der Waals surface area (Å²) in [5.41, 5.74) is 1.23. The second kappa shape index (κ2) is 8.26. The summed E-state index contributed by atoms with van der Waals surface area (Å²) in [7, 11) is 1.55. The van der Waals surface area contributed by atoms with Crippen LogP contribution >= 0.6 is 0 Å². The van der Waals surface area contributed by atoms with E-state index in [0.29, 0.717) is 29.7 Å². The molecule has 0 radical (unpaired) electrons. The van der Waals surface area contributed by atoms with Gasteiger partial charge in [-0.2, -0.15) is 0 Å². The maximum Gasteiger partial charge on any atom is 0.228 e. The third kappa shape index (κ3) is 4.06. The topological polar surface area (TPSA) is 86.2 Å². The van der Waals surface area contributed by atoms with Gasteiger partial charge in [0.05, 0.1) is 25.6 Å². The molecule has 2 aromatic rings. The first-order valence-electron chi connectivity index (χ1n) is 10.1. The molecular weight excluding hydrogens is 380 g/mol. The molecule has 4 rings (SSSR count). The zero-order valence-electron chi connectivity index (χ0n) is 17.5. The highest BCUT2D eigenvalue weighted by Crippen LogP contribution is 2.60. The minimum absolute atomic E-state index is 0.00770. The van der Waals surface area contributed by atoms with Gasteiger partial charge >= 0.3 is 0 Å². The molecule has 7 heteroatoms. The van der Waals surface area contributed by atoms with Crippen LogP contribution in [0.5, 0.6) is 11.6 Å². The molecular formula is C23H26N4O3. The van der Waals surface area contributed by atoms with Gasteiger partial charge in [0.15, 0.2) is 5.75 Å². The Kier molecular flexibility index (Phi) is 5.53. The number of hydrogen-bond donors (Lipinski definition) is 1. The lowest BCUT2D eigenvalue weighted by Crippen LogP contribution is -2.29. The number of carbonyl (C=O) groups excluding carboxylic acids is 1. The van der Waals surface area contributed by atoms with Crippen molar-refractivity contribution in [3.63, 3.8) is 0 Å². The van der Waals surface area contributed by atoms with Gasteiger partial charge in [-0.3, -0.25) is 4.79 Å². The highest BCUT2D eigenvalue weighted by atomic mass is 16.5. The molecule has 7 nitrogen and oxygen atoms in total. The molecule has 1 amide bonds. The fourth-order valence-electron chi connectivity index (χ4n) is 4.11. The predicted molar refractivity (Wildman–Crippen MR) is 113 cm³/mol. The molecule has 0 aromatic carbocycles. The number of pyridine rings is 1. The summed E-state index contributed by atoms with van der Waals surface area (Å²) in [4.78, 5) is 25.8. The summed E-state index contributed by atoms with van der Waals surface area (Å²) in [6, 6.07) is 3.48. The van der Waals surface area contributed by atoms with Gasteiger partial charge in [-0.25, -0.2) is 15.0 Å². The number of aromatic nitrogens is 3. The van der Waals surface area contributed by atoms with Crippen LogP contribution in [0.2, 0.25) is 0 Å². The Labute approximate surface area is 176 Å². The van der Waals surface area contributed by atoms with Crippen LogP contribution in [0.25, 0.3) is 0 Å². The van der Waals surface area contributed by atoms with Crippen LogP contribution in [0.1, 0.15) is 24.4 Å². The van der Waals surface area contributed by atoms with Crippen LogP contribution in [0.15, 0.2) is 48.8 Å². The number of nitrogens with one attached hydrogen (secondary N) is 1. The number of anilines is 1. The fraction of sp³-hybridized carbons (Fsp3) is 0.391. The molecule has 0 spiro atoms. The number of nitrogens with zero attached hydrogens (tertiary/aromatic N) is 3. The predicted octanol–water partition coefficient (Wildman–Crippen LogP) is 3.65. The maximum atomic E-state index is 13.1. The zero-order chi connectivity index (χ0) is 21.1. The van der Waals surface area contributed by atoms with Gasteiger partial charge in [-0.1, -0.05) is 24.3 Å². The highest BCUT2D eigenvalue weighted by molar-refractivity contribution is 5.95. The van der Waals surface area contributed by atoms with Crippen molar-refractivity contribution in [1.82, 2.24) is 15.0 Å². The number of rotatable bonds is 7. The molecule has 2 aliphatic rings. The summed E-state index contributed by atoms with van der Waals surface area (Å²) < 4.78 is 11.3. The minimum Gasteiger partial charge on any atom is -0.489 e. The Morgan fingerprint density at radius 2 is 2.17 bits per heavy atom. The summed E-state index contributed by atoms with van der Waals surface area (Å²) in [5.74, 6) is 1.95. The lowest BCUT2D eigenvalue weighted by molar-refractivity contribution is -0.118. The van der Waals surface area contributed by atoms with Crippen molar-refractivity contribution in [3.8, 4) is 11.6 Å². The average molecular weight is 406 g/mol. The molecule has 0 bridgehead atoms. The van der Waals surface area contributed by atoms with Crippen molar-refractivity contribution in [2.75, 3.05) is 19.0 Å². The summed E-state index contributed by atoms with van der Waals surface area (Å²) in [6.07, 6.45) is 13.4. The van der Waals surface area contributed by atoms with Gasteiger partial charge < -0.3 is 14.8 Å². The van der Waals surface area contributed by atoms with E-state index in [1.807, 2.05) is 19.9 Å². The SMILES string of the molecule is COc1cc(NC(=O)[C@@H]2C[C@@]2(COc2cnc(C)nc2C)C2C=CC=CC2)ccn1. The van der Waals surface area contributed by atoms with Gasteiger partial charge in [0.2, 0.25) is 11.8 Å². The third-order valence-electron chi connectivity index (χ3n) is 5.92. The summed E-state index contributed by atoms with van der Waals surface area (Å²) in [6.45, 7) is 4.21. The second-order valence-corrected chi connectivity index (χ2v) is 7.88. The first-order chi connectivity index (χ1) is 14.5. The number of aryl methyl sites for hydroxylation is 2. The third-order valence-corrected chi connectivity index (χ3v) is 5.92. The van der Waals surface area contributed by atoms with E-state index in [2.05, 4.69) is 38.5 Å². The van der Waals surface area contributed by atoms with Crippen LogP contribution < -0.4 is 14.8 Å². The molecule has 156 valence electrons. The van der Waals surface area contributed by atoms with Crippen molar-refractivity contribution in [3.05, 3.63) is 60.3 Å². The molecule has 0 aliphatic heterocycles. The first-order valence-corrected chi connectivity index (χ1v) is 10.1. The van der Waals surface area contributed by atoms with E-state index < -0.39 is 0 Å². The number of hydrogen-bond acceptors (Lipinski definition) is 6. The fourth-order valence-corrected chi connectivity index (χ4v) is 4.11. The van der Waals surface area contributed by atoms with Gasteiger partial charge in [0.25, 0.3) is 0 Å². The summed E-state index contributed by atoms with van der Waals surface area (Å²) in [5, 5.41) is 3.01. The Morgan fingerprint density at radius 1 is 1.30 bits per heavy atom. The molecule has 1 unspecified atom stereocenters. The van der Waals surface area contributed by atoms with E-state index >= 15 is 0 Å². The van der Waals surface area contributed by atoms with Gasteiger partial charge in [0, 0.05) is 29.3 Å². The second-order valence-electron chi connectivity index (χ2n) is 7.88. The monoisotopic (exact) mass is 406 g/mol. The van der Waals surface area contributed by atoms with Crippen molar-refractivity contribution < 1.29 is 14.3 Å². The Morgan fingerprint density at radius 3 is 2.90 bits per heavy atom. The molecule has 2 aliphatic carbocycles. The summed E-state index contributed by atoms with van der Waals surface area (Å²) >= 11 is 0. The molecule has 3 atom stereocenters. The maximum absolute atomic E-state index is 13.1. The number of ether oxygens (including phenoxy) is 2. The van der Waals surface area contributed by atoms with Crippen LogP contribution in [-0.4, -0.2) is 34.6 Å². The largest absolute Gasteiger partial charge is 0.489 e. The average Bonchev–Trinajstić information content (AvgIpc) is 3.50. The molecule has 1 N–H and O–H groups in total. The van der Waals surface area contributed by atoms with Crippen molar-refractivity contribution in [2.45, 2.75) is 26.7 Å². The quantitative estimate of drug-likeness (QED) is 0.755. The van der Waals surface area contributed by atoms with E-state index in [4.69, 9.17) is 9.47 Å². The van der Waals surface area contributed by atoms with E-state index in [1.54, 1.807) is 31.6 Å². The van der Waals surface area contributed by atoms with E-state index in [1.165, 1.54) is 0 Å². The van der Waals surface area contributed by atoms with Crippen LogP contribution in [0.4, 0.5) is 5.69 Å². The number of amides is 1. The lowest BCUT2D eigenvalue weighted by Gasteiger charge is -2.26. The molecule has 0 saturated heterocycles. The standard InChI is InChI=1S/C23H26N4O3/c1-15-20(13-25-16(2)26-15)30-14-23(17-7-5-4-6-8-17)12-19(23)22(28)27-18-9-10-24-21(11-18)29-3/h4-7,9-11,13,17,19H,8,12,14H2,1-3H3,(H,24,27,28)/t17?,19-,23+/m0/s1. The van der Waals surface area contributed by atoms with Crippen LogP contribution in [0, 0.1) is 31.1 Å². The Bertz CT molecular complexity index is 1000. The molecule has 2 heterocycles. The van der Waals surface area contributed by atoms with Crippen LogP contribution in [0.3, 0.4) is 0 Å². The smallest absolute Gasteiger partial charge is 0.228 e. The molecule has 1 fully saturated rings. The lowest BCUT2D eigenvalue weighted by atomic mass is 9.82. The van der Waals surface area contributed by atoms with Gasteiger partial charge in [-0.05, 0) is 38.7 Å². The zero-order valence-corrected chi connectivity index (χ0v) is 17.5. The molecule has 30 heavy (non-hydrogen) atoms. The van der Waals surface area contributed by atoms with Crippen molar-refractivity contribution in [1.29, 1.82) is 0 Å². The Hall–Kier alpha value is -3.22. The molecule has 2 aromatic heterocycles. The normalized spacial score (nSPS) is 24.4. The van der Waals surface area contributed by atoms with Gasteiger partial charge in [-0.15, -0.1) is 0 Å². The van der Waals surface area contributed by atoms with E-state index in [-0.39, 0.29) is 23.2 Å². The first kappa shape index (κ1) is 20.1. The van der Waals surface area contributed by atoms with E-state index in [0.717, 1.165) is 18.5 Å². The van der Waals surface area contributed by atoms with Crippen LogP contribution in [-0.2, 0) is 4.79 Å².